The number of piperidine rings is 1. The molecule has 1 aliphatic rings. The van der Waals surface area contributed by atoms with E-state index in [2.05, 4.69) is 5.32 Å². The van der Waals surface area contributed by atoms with Crippen LogP contribution in [-0.2, 0) is 0 Å². The summed E-state index contributed by atoms with van der Waals surface area (Å²) < 4.78 is 47.6. The Morgan fingerprint density at radius 2 is 1.73 bits per heavy atom. The van der Waals surface area contributed by atoms with Gasteiger partial charge in [-0.05, 0) is 38.1 Å². The molecule has 3 N–H and O–H groups in total. The van der Waals surface area contributed by atoms with Crippen LogP contribution in [0.5, 0.6) is 5.75 Å². The van der Waals surface area contributed by atoms with Gasteiger partial charge in [0.1, 0.15) is 11.3 Å². The number of carbonyl (C=O) groups excluding carboxylic acids is 1. The molecule has 0 atom stereocenters. The molecule has 0 saturated carbocycles. The normalized spacial score (nSPS) is 14.1. The van der Waals surface area contributed by atoms with Gasteiger partial charge in [0.2, 0.25) is 0 Å². The molecule has 1 fully saturated rings. The van der Waals surface area contributed by atoms with Gasteiger partial charge in [-0.15, -0.1) is 0 Å². The number of rotatable bonds is 4. The van der Waals surface area contributed by atoms with E-state index in [-0.39, 0.29) is 11.5 Å². The highest BCUT2D eigenvalue weighted by Crippen LogP contribution is 2.36. The van der Waals surface area contributed by atoms with Crippen LogP contribution >= 0.6 is 0 Å². The Hall–Kier alpha value is -3.00. The topological polar surface area (TPSA) is 77.5 Å². The molecule has 5 nitrogen and oxygen atoms in total. The first kappa shape index (κ1) is 21.7. The number of furan rings is 1. The SMILES string of the molecule is C1CCNCC1.NC(=O)c1cc2cccc(-c3ccccc3OCC(F)(F)F)c2o1. The third-order valence-corrected chi connectivity index (χ3v) is 4.56. The van der Waals surface area contributed by atoms with E-state index < -0.39 is 18.7 Å². The number of ether oxygens (including phenoxy) is 1. The second kappa shape index (κ2) is 9.67. The van der Waals surface area contributed by atoms with Gasteiger partial charge in [0.25, 0.3) is 5.91 Å². The highest BCUT2D eigenvalue weighted by Gasteiger charge is 2.29. The lowest BCUT2D eigenvalue weighted by Crippen LogP contribution is -2.21. The van der Waals surface area contributed by atoms with Crippen LogP contribution < -0.4 is 15.8 Å². The Balaban J connectivity index is 0.000000367. The fraction of sp³-hybridized carbons (Fsp3) is 0.318. The number of primary amides is 1. The minimum absolute atomic E-state index is 0.0221. The quantitative estimate of drug-likeness (QED) is 0.629. The molecule has 0 aliphatic carbocycles. The van der Waals surface area contributed by atoms with Crippen LogP contribution in [0.15, 0.2) is 52.9 Å². The molecule has 3 aromatic rings. The zero-order chi connectivity index (χ0) is 21.6. The van der Waals surface area contributed by atoms with Crippen molar-refractivity contribution in [1.29, 1.82) is 0 Å². The first-order valence-corrected chi connectivity index (χ1v) is 9.67. The average Bonchev–Trinajstić information content (AvgIpc) is 3.19. The number of para-hydroxylation sites is 2. The third kappa shape index (κ3) is 5.76. The lowest BCUT2D eigenvalue weighted by Gasteiger charge is -2.13. The Morgan fingerprint density at radius 3 is 2.33 bits per heavy atom. The Morgan fingerprint density at radius 1 is 1.03 bits per heavy atom. The molecule has 0 spiro atoms. The van der Waals surface area contributed by atoms with Crippen molar-refractivity contribution in [1.82, 2.24) is 5.32 Å². The summed E-state index contributed by atoms with van der Waals surface area (Å²) >= 11 is 0. The summed E-state index contributed by atoms with van der Waals surface area (Å²) in [5.41, 5.74) is 6.51. The van der Waals surface area contributed by atoms with Gasteiger partial charge in [-0.25, -0.2) is 0 Å². The number of nitrogens with two attached hydrogens (primary N) is 1. The van der Waals surface area contributed by atoms with Gasteiger partial charge in [-0.1, -0.05) is 42.8 Å². The van der Waals surface area contributed by atoms with Gasteiger partial charge < -0.3 is 20.2 Å². The summed E-state index contributed by atoms with van der Waals surface area (Å²) in [5, 5.41) is 3.90. The molecule has 8 heteroatoms. The van der Waals surface area contributed by atoms with Crippen molar-refractivity contribution in [2.45, 2.75) is 25.4 Å². The maximum absolute atomic E-state index is 12.4. The van der Waals surface area contributed by atoms with Crippen molar-refractivity contribution in [3.63, 3.8) is 0 Å². The summed E-state index contributed by atoms with van der Waals surface area (Å²) in [6.45, 7) is 1.10. The number of benzene rings is 2. The molecule has 30 heavy (non-hydrogen) atoms. The highest BCUT2D eigenvalue weighted by atomic mass is 19.4. The van der Waals surface area contributed by atoms with Gasteiger partial charge >= 0.3 is 6.18 Å². The van der Waals surface area contributed by atoms with Gasteiger partial charge in [-0.3, -0.25) is 4.79 Å². The lowest BCUT2D eigenvalue weighted by atomic mass is 10.0. The van der Waals surface area contributed by atoms with E-state index in [9.17, 15) is 18.0 Å². The van der Waals surface area contributed by atoms with E-state index in [1.807, 2.05) is 0 Å². The second-order valence-electron chi connectivity index (χ2n) is 6.91. The van der Waals surface area contributed by atoms with Crippen LogP contribution in [0.1, 0.15) is 29.8 Å². The Labute approximate surface area is 172 Å². The Bertz CT molecular complexity index is 983. The standard InChI is InChI=1S/C17H12F3NO3.C5H11N/c18-17(19,20)9-23-13-7-2-1-5-11(13)12-6-3-4-10-8-14(16(21)22)24-15(10)12;1-2-4-6-5-3-1/h1-8H,9H2,(H2,21,22);6H,1-5H2. The van der Waals surface area contributed by atoms with E-state index in [1.54, 1.807) is 36.4 Å². The fourth-order valence-corrected chi connectivity index (χ4v) is 3.17. The van der Waals surface area contributed by atoms with Gasteiger partial charge in [0, 0.05) is 16.5 Å². The van der Waals surface area contributed by atoms with Crippen LogP contribution in [0.3, 0.4) is 0 Å². The maximum atomic E-state index is 12.4. The van der Waals surface area contributed by atoms with Crippen LogP contribution in [0, 0.1) is 0 Å². The van der Waals surface area contributed by atoms with E-state index in [0.717, 1.165) is 0 Å². The predicted octanol–water partition coefficient (Wildman–Crippen LogP) is 4.90. The molecule has 1 saturated heterocycles. The average molecular weight is 420 g/mol. The number of carbonyl (C=O) groups is 1. The molecule has 0 unspecified atom stereocenters. The smallest absolute Gasteiger partial charge is 0.422 e. The summed E-state index contributed by atoms with van der Waals surface area (Å²) in [4.78, 5) is 11.3. The molecule has 2 aromatic carbocycles. The summed E-state index contributed by atoms with van der Waals surface area (Å²) in [5.74, 6) is -0.677. The fourth-order valence-electron chi connectivity index (χ4n) is 3.17. The first-order valence-electron chi connectivity index (χ1n) is 9.67. The first-order chi connectivity index (χ1) is 14.3. The molecule has 4 rings (SSSR count). The number of nitrogens with one attached hydrogen (secondary N) is 1. The number of fused-ring (bicyclic) bond motifs is 1. The van der Waals surface area contributed by atoms with E-state index in [0.29, 0.717) is 22.1 Å². The minimum atomic E-state index is -4.44. The van der Waals surface area contributed by atoms with Crippen molar-refractivity contribution in [2.75, 3.05) is 19.7 Å². The lowest BCUT2D eigenvalue weighted by molar-refractivity contribution is -0.153. The zero-order valence-electron chi connectivity index (χ0n) is 16.3. The van der Waals surface area contributed by atoms with Crippen LogP contribution in [0.25, 0.3) is 22.1 Å². The molecule has 0 radical (unpaired) electrons. The van der Waals surface area contributed by atoms with Crippen molar-refractivity contribution >= 4 is 16.9 Å². The number of alkyl halides is 3. The van der Waals surface area contributed by atoms with Gasteiger partial charge in [-0.2, -0.15) is 13.2 Å². The van der Waals surface area contributed by atoms with Crippen molar-refractivity contribution in [3.8, 4) is 16.9 Å². The molecule has 0 bridgehead atoms. The monoisotopic (exact) mass is 420 g/mol. The number of amides is 1. The number of hydrogen-bond donors (Lipinski definition) is 2. The molecule has 2 heterocycles. The largest absolute Gasteiger partial charge is 0.483 e. The number of halogens is 3. The summed E-state index contributed by atoms with van der Waals surface area (Å²) in [6, 6.07) is 12.9. The van der Waals surface area contributed by atoms with Crippen molar-refractivity contribution < 1.29 is 27.1 Å². The number of hydrogen-bond acceptors (Lipinski definition) is 4. The van der Waals surface area contributed by atoms with Crippen molar-refractivity contribution in [2.24, 2.45) is 5.73 Å². The van der Waals surface area contributed by atoms with E-state index in [4.69, 9.17) is 14.9 Å². The van der Waals surface area contributed by atoms with E-state index >= 15 is 0 Å². The van der Waals surface area contributed by atoms with Crippen molar-refractivity contribution in [3.05, 3.63) is 54.3 Å². The third-order valence-electron chi connectivity index (χ3n) is 4.56. The van der Waals surface area contributed by atoms with E-state index in [1.165, 1.54) is 44.5 Å². The highest BCUT2D eigenvalue weighted by molar-refractivity contribution is 6.00. The molecule has 1 aromatic heterocycles. The van der Waals surface area contributed by atoms with Crippen LogP contribution in [0.4, 0.5) is 13.2 Å². The summed E-state index contributed by atoms with van der Waals surface area (Å²) in [7, 11) is 0. The Kier molecular flexibility index (Phi) is 6.99. The molecule has 1 aliphatic heterocycles. The van der Waals surface area contributed by atoms with Gasteiger partial charge in [0.05, 0.1) is 0 Å². The zero-order valence-corrected chi connectivity index (χ0v) is 16.3. The van der Waals surface area contributed by atoms with Gasteiger partial charge in [0.15, 0.2) is 12.4 Å². The second-order valence-corrected chi connectivity index (χ2v) is 6.91. The summed E-state index contributed by atoms with van der Waals surface area (Å²) in [6.07, 6.45) is -0.226. The minimum Gasteiger partial charge on any atom is -0.483 e. The molecule has 160 valence electrons. The molecular formula is C22H23F3N2O3. The van der Waals surface area contributed by atoms with Crippen LogP contribution in [-0.4, -0.2) is 31.8 Å². The molecular weight excluding hydrogens is 397 g/mol. The maximum Gasteiger partial charge on any atom is 0.422 e. The molecule has 1 amide bonds. The van der Waals surface area contributed by atoms with Crippen LogP contribution in [0.2, 0.25) is 0 Å². The predicted molar refractivity (Wildman–Crippen MR) is 108 cm³/mol.